The van der Waals surface area contributed by atoms with E-state index >= 15 is 0 Å². The van der Waals surface area contributed by atoms with Crippen molar-refractivity contribution in [1.29, 1.82) is 0 Å². The Balaban J connectivity index is 1.74. The molecule has 114 valence electrons. The van der Waals surface area contributed by atoms with Gasteiger partial charge in [-0.3, -0.25) is 4.79 Å². The number of benzene rings is 1. The Morgan fingerprint density at radius 2 is 1.90 bits per heavy atom. The lowest BCUT2D eigenvalue weighted by molar-refractivity contribution is -0.144. The van der Waals surface area contributed by atoms with Crippen LogP contribution in [0.15, 0.2) is 24.3 Å². The minimum Gasteiger partial charge on any atom is -0.372 e. The minimum atomic E-state index is -0.105. The standard InChI is InChI=1S/C17H24N2O2/c1-12-10-18(11-13(2)21-12)17(20)14(3)19-9-8-15-6-4-5-7-16(15)19/h4-7,12-14H,8-11H2,1-3H3/t12-,13+,14-/m1/s1. The van der Waals surface area contributed by atoms with Crippen LogP contribution in [0.5, 0.6) is 0 Å². The maximum Gasteiger partial charge on any atom is 0.245 e. The molecule has 2 aliphatic heterocycles. The molecule has 4 nitrogen and oxygen atoms in total. The van der Waals surface area contributed by atoms with Gasteiger partial charge < -0.3 is 14.5 Å². The lowest BCUT2D eigenvalue weighted by Gasteiger charge is -2.38. The van der Waals surface area contributed by atoms with Crippen molar-refractivity contribution >= 4 is 11.6 Å². The van der Waals surface area contributed by atoms with E-state index in [1.165, 1.54) is 11.3 Å². The molecule has 1 amide bonds. The van der Waals surface area contributed by atoms with E-state index in [2.05, 4.69) is 23.1 Å². The van der Waals surface area contributed by atoms with Crippen LogP contribution < -0.4 is 4.90 Å². The van der Waals surface area contributed by atoms with Crippen LogP contribution >= 0.6 is 0 Å². The van der Waals surface area contributed by atoms with Gasteiger partial charge in [-0.15, -0.1) is 0 Å². The summed E-state index contributed by atoms with van der Waals surface area (Å²) in [4.78, 5) is 17.0. The Bertz CT molecular complexity index is 521. The van der Waals surface area contributed by atoms with Gasteiger partial charge in [0.1, 0.15) is 6.04 Å². The van der Waals surface area contributed by atoms with Crippen molar-refractivity contribution in [2.75, 3.05) is 24.5 Å². The minimum absolute atomic E-state index is 0.105. The smallest absolute Gasteiger partial charge is 0.245 e. The van der Waals surface area contributed by atoms with Crippen LogP contribution in [0.4, 0.5) is 5.69 Å². The van der Waals surface area contributed by atoms with Crippen LogP contribution in [-0.4, -0.2) is 48.7 Å². The Morgan fingerprint density at radius 1 is 1.24 bits per heavy atom. The molecule has 1 saturated heterocycles. The van der Waals surface area contributed by atoms with Gasteiger partial charge in [-0.05, 0) is 38.8 Å². The van der Waals surface area contributed by atoms with Crippen molar-refractivity contribution in [3.63, 3.8) is 0 Å². The number of anilines is 1. The molecule has 1 aromatic carbocycles. The molecule has 3 rings (SSSR count). The number of hydrogen-bond donors (Lipinski definition) is 0. The molecule has 2 aliphatic rings. The monoisotopic (exact) mass is 288 g/mol. The summed E-state index contributed by atoms with van der Waals surface area (Å²) < 4.78 is 5.72. The van der Waals surface area contributed by atoms with Crippen LogP contribution in [0.1, 0.15) is 26.3 Å². The van der Waals surface area contributed by atoms with E-state index in [4.69, 9.17) is 4.74 Å². The molecule has 3 atom stereocenters. The van der Waals surface area contributed by atoms with Crippen LogP contribution in [0.2, 0.25) is 0 Å². The molecule has 0 aromatic heterocycles. The predicted molar refractivity (Wildman–Crippen MR) is 83.5 cm³/mol. The highest BCUT2D eigenvalue weighted by atomic mass is 16.5. The third-order valence-electron chi connectivity index (χ3n) is 4.48. The first-order chi connectivity index (χ1) is 10.1. The number of fused-ring (bicyclic) bond motifs is 1. The maximum atomic E-state index is 12.8. The lowest BCUT2D eigenvalue weighted by Crippen LogP contribution is -2.54. The lowest BCUT2D eigenvalue weighted by atomic mass is 10.1. The van der Waals surface area contributed by atoms with Gasteiger partial charge in [-0.25, -0.2) is 0 Å². The van der Waals surface area contributed by atoms with E-state index in [1.54, 1.807) is 0 Å². The number of rotatable bonds is 2. The molecule has 1 aromatic rings. The van der Waals surface area contributed by atoms with Gasteiger partial charge in [-0.2, -0.15) is 0 Å². The zero-order valence-corrected chi connectivity index (χ0v) is 13.1. The summed E-state index contributed by atoms with van der Waals surface area (Å²) in [5, 5.41) is 0. The van der Waals surface area contributed by atoms with Gasteiger partial charge >= 0.3 is 0 Å². The van der Waals surface area contributed by atoms with Gasteiger partial charge in [0.25, 0.3) is 0 Å². The Hall–Kier alpha value is -1.55. The van der Waals surface area contributed by atoms with Gasteiger partial charge in [0.2, 0.25) is 5.91 Å². The highest BCUT2D eigenvalue weighted by molar-refractivity contribution is 5.86. The number of carbonyl (C=O) groups is 1. The first-order valence-corrected chi connectivity index (χ1v) is 7.85. The summed E-state index contributed by atoms with van der Waals surface area (Å²) in [5.41, 5.74) is 2.56. The van der Waals surface area contributed by atoms with E-state index < -0.39 is 0 Å². The second kappa shape index (κ2) is 5.68. The molecule has 2 heterocycles. The average Bonchev–Trinajstić information content (AvgIpc) is 2.88. The summed E-state index contributed by atoms with van der Waals surface area (Å²) >= 11 is 0. The summed E-state index contributed by atoms with van der Waals surface area (Å²) in [5.74, 6) is 0.216. The summed E-state index contributed by atoms with van der Waals surface area (Å²) in [6, 6.07) is 8.29. The molecular weight excluding hydrogens is 264 g/mol. The number of para-hydroxylation sites is 1. The van der Waals surface area contributed by atoms with Crippen LogP contribution in [0, 0.1) is 0 Å². The van der Waals surface area contributed by atoms with E-state index in [0.29, 0.717) is 13.1 Å². The number of carbonyl (C=O) groups excluding carboxylic acids is 1. The number of nitrogens with zero attached hydrogens (tertiary/aromatic N) is 2. The molecular formula is C17H24N2O2. The third-order valence-corrected chi connectivity index (χ3v) is 4.48. The normalized spacial score (nSPS) is 26.6. The first kappa shape index (κ1) is 14.4. The predicted octanol–water partition coefficient (Wildman–Crippen LogP) is 2.07. The zero-order valence-electron chi connectivity index (χ0n) is 13.1. The van der Waals surface area contributed by atoms with E-state index in [-0.39, 0.29) is 24.2 Å². The number of morpholine rings is 1. The Labute approximate surface area is 126 Å². The van der Waals surface area contributed by atoms with Crippen LogP contribution in [0.3, 0.4) is 0 Å². The van der Waals surface area contributed by atoms with E-state index in [1.807, 2.05) is 31.7 Å². The quantitative estimate of drug-likeness (QED) is 0.835. The molecule has 0 unspecified atom stereocenters. The molecule has 0 saturated carbocycles. The van der Waals surface area contributed by atoms with E-state index in [0.717, 1.165) is 13.0 Å². The highest BCUT2D eigenvalue weighted by Crippen LogP contribution is 2.29. The molecule has 0 spiro atoms. The molecule has 0 bridgehead atoms. The summed E-state index contributed by atoms with van der Waals surface area (Å²) in [6.45, 7) is 8.42. The van der Waals surface area contributed by atoms with Gasteiger partial charge in [0.15, 0.2) is 0 Å². The molecule has 0 N–H and O–H groups in total. The summed E-state index contributed by atoms with van der Waals surface area (Å²) in [7, 11) is 0. The maximum absolute atomic E-state index is 12.8. The van der Waals surface area contributed by atoms with Crippen molar-refractivity contribution in [2.24, 2.45) is 0 Å². The zero-order chi connectivity index (χ0) is 15.0. The van der Waals surface area contributed by atoms with Crippen LogP contribution in [-0.2, 0) is 16.0 Å². The molecule has 4 heteroatoms. The van der Waals surface area contributed by atoms with Gasteiger partial charge in [-0.1, -0.05) is 18.2 Å². The molecule has 21 heavy (non-hydrogen) atoms. The number of ether oxygens (including phenoxy) is 1. The largest absolute Gasteiger partial charge is 0.372 e. The third kappa shape index (κ3) is 2.77. The van der Waals surface area contributed by atoms with Crippen molar-refractivity contribution in [3.8, 4) is 0 Å². The fourth-order valence-corrected chi connectivity index (χ4v) is 3.52. The van der Waals surface area contributed by atoms with Crippen LogP contribution in [0.25, 0.3) is 0 Å². The topological polar surface area (TPSA) is 32.8 Å². The first-order valence-electron chi connectivity index (χ1n) is 7.85. The molecule has 0 radical (unpaired) electrons. The molecule has 1 fully saturated rings. The Kier molecular flexibility index (Phi) is 3.89. The van der Waals surface area contributed by atoms with Crippen molar-refractivity contribution in [3.05, 3.63) is 29.8 Å². The summed E-state index contributed by atoms with van der Waals surface area (Å²) in [6.07, 6.45) is 1.27. The van der Waals surface area contributed by atoms with Crippen molar-refractivity contribution in [2.45, 2.75) is 45.4 Å². The second-order valence-corrected chi connectivity index (χ2v) is 6.25. The number of amides is 1. The van der Waals surface area contributed by atoms with E-state index in [9.17, 15) is 4.79 Å². The van der Waals surface area contributed by atoms with Crippen molar-refractivity contribution in [1.82, 2.24) is 4.90 Å². The fourth-order valence-electron chi connectivity index (χ4n) is 3.52. The molecule has 0 aliphatic carbocycles. The fraction of sp³-hybridized carbons (Fsp3) is 0.588. The van der Waals surface area contributed by atoms with Gasteiger partial charge in [0.05, 0.1) is 12.2 Å². The second-order valence-electron chi connectivity index (χ2n) is 6.25. The van der Waals surface area contributed by atoms with Gasteiger partial charge in [0, 0.05) is 25.3 Å². The average molecular weight is 288 g/mol. The SMILES string of the molecule is C[C@@H]1CN(C(=O)[C@@H](C)N2CCc3ccccc32)C[C@H](C)O1. The Morgan fingerprint density at radius 3 is 2.62 bits per heavy atom. The van der Waals surface area contributed by atoms with Crippen molar-refractivity contribution < 1.29 is 9.53 Å². The number of hydrogen-bond acceptors (Lipinski definition) is 3. The highest BCUT2D eigenvalue weighted by Gasteiger charge is 2.33.